The molecular weight excluding hydrogens is 248 g/mol. The van der Waals surface area contributed by atoms with Crippen molar-refractivity contribution in [1.29, 1.82) is 5.26 Å². The molecule has 3 heteroatoms. The fraction of sp³-hybridized carbons (Fsp3) is 0.294. The molecule has 0 spiro atoms. The average Bonchev–Trinajstić information content (AvgIpc) is 2.46. The van der Waals surface area contributed by atoms with Gasteiger partial charge < -0.3 is 5.32 Å². The SMILES string of the molecule is CC(C)(C#N)CNC(=O)Cc1cccc2ccccc12. The lowest BCUT2D eigenvalue weighted by molar-refractivity contribution is -0.120. The molecule has 2 aromatic carbocycles. The second-order valence-electron chi connectivity index (χ2n) is 5.59. The molecule has 0 aliphatic heterocycles. The van der Waals surface area contributed by atoms with E-state index in [2.05, 4.69) is 11.4 Å². The van der Waals surface area contributed by atoms with E-state index < -0.39 is 5.41 Å². The second kappa shape index (κ2) is 5.75. The van der Waals surface area contributed by atoms with E-state index in [9.17, 15) is 4.79 Å². The Labute approximate surface area is 119 Å². The summed E-state index contributed by atoms with van der Waals surface area (Å²) in [6.45, 7) is 3.99. The van der Waals surface area contributed by atoms with Crippen LogP contribution in [0.3, 0.4) is 0 Å². The molecule has 0 aromatic heterocycles. The van der Waals surface area contributed by atoms with Crippen LogP contribution in [0.2, 0.25) is 0 Å². The quantitative estimate of drug-likeness (QED) is 0.924. The standard InChI is InChI=1S/C17H18N2O/c1-17(2,11-18)12-19-16(20)10-14-8-5-7-13-6-3-4-9-15(13)14/h3-9H,10,12H2,1-2H3,(H,19,20). The highest BCUT2D eigenvalue weighted by atomic mass is 16.1. The van der Waals surface area contributed by atoms with Gasteiger partial charge in [-0.2, -0.15) is 5.26 Å². The number of hydrogen-bond acceptors (Lipinski definition) is 2. The van der Waals surface area contributed by atoms with Crippen molar-refractivity contribution in [2.24, 2.45) is 5.41 Å². The van der Waals surface area contributed by atoms with Crippen LogP contribution in [-0.2, 0) is 11.2 Å². The number of amides is 1. The first-order valence-corrected chi connectivity index (χ1v) is 6.66. The van der Waals surface area contributed by atoms with Crippen molar-refractivity contribution in [2.45, 2.75) is 20.3 Å². The van der Waals surface area contributed by atoms with E-state index in [1.165, 1.54) is 0 Å². The average molecular weight is 266 g/mol. The van der Waals surface area contributed by atoms with Crippen molar-refractivity contribution in [2.75, 3.05) is 6.54 Å². The van der Waals surface area contributed by atoms with Gasteiger partial charge in [-0.1, -0.05) is 42.5 Å². The predicted molar refractivity (Wildman–Crippen MR) is 80.1 cm³/mol. The van der Waals surface area contributed by atoms with Crippen molar-refractivity contribution < 1.29 is 4.79 Å². The lowest BCUT2D eigenvalue weighted by Gasteiger charge is -2.16. The van der Waals surface area contributed by atoms with Gasteiger partial charge in [-0.15, -0.1) is 0 Å². The summed E-state index contributed by atoms with van der Waals surface area (Å²) in [6, 6.07) is 16.2. The summed E-state index contributed by atoms with van der Waals surface area (Å²) in [7, 11) is 0. The third-order valence-electron chi connectivity index (χ3n) is 3.26. The number of carbonyl (C=O) groups excluding carboxylic acids is 1. The van der Waals surface area contributed by atoms with E-state index in [-0.39, 0.29) is 5.91 Å². The lowest BCUT2D eigenvalue weighted by Crippen LogP contribution is -2.34. The molecule has 1 N–H and O–H groups in total. The van der Waals surface area contributed by atoms with E-state index in [0.29, 0.717) is 13.0 Å². The maximum absolute atomic E-state index is 12.0. The lowest BCUT2D eigenvalue weighted by atomic mass is 9.96. The Bertz CT molecular complexity index is 663. The van der Waals surface area contributed by atoms with Crippen LogP contribution >= 0.6 is 0 Å². The van der Waals surface area contributed by atoms with Crippen molar-refractivity contribution in [3.05, 3.63) is 48.0 Å². The van der Waals surface area contributed by atoms with E-state index in [1.807, 2.05) is 56.3 Å². The van der Waals surface area contributed by atoms with Crippen LogP contribution in [0.5, 0.6) is 0 Å². The van der Waals surface area contributed by atoms with Crippen LogP contribution in [0, 0.1) is 16.7 Å². The summed E-state index contributed by atoms with van der Waals surface area (Å²) in [4.78, 5) is 12.0. The smallest absolute Gasteiger partial charge is 0.224 e. The van der Waals surface area contributed by atoms with Crippen LogP contribution in [0.4, 0.5) is 0 Å². The van der Waals surface area contributed by atoms with Gasteiger partial charge in [0.25, 0.3) is 0 Å². The molecule has 0 unspecified atom stereocenters. The molecule has 0 saturated carbocycles. The molecule has 3 nitrogen and oxygen atoms in total. The fourth-order valence-corrected chi connectivity index (χ4v) is 2.04. The highest BCUT2D eigenvalue weighted by molar-refractivity contribution is 5.90. The topological polar surface area (TPSA) is 52.9 Å². The van der Waals surface area contributed by atoms with Crippen molar-refractivity contribution >= 4 is 16.7 Å². The minimum Gasteiger partial charge on any atom is -0.354 e. The zero-order valence-electron chi connectivity index (χ0n) is 11.8. The predicted octanol–water partition coefficient (Wildman–Crippen LogP) is 3.05. The first-order valence-electron chi connectivity index (χ1n) is 6.66. The molecule has 0 saturated heterocycles. The summed E-state index contributed by atoms with van der Waals surface area (Å²) >= 11 is 0. The fourth-order valence-electron chi connectivity index (χ4n) is 2.04. The Morgan fingerprint density at radius 1 is 1.20 bits per heavy atom. The van der Waals surface area contributed by atoms with Gasteiger partial charge in [0.15, 0.2) is 0 Å². The minimum atomic E-state index is -0.533. The van der Waals surface area contributed by atoms with Crippen LogP contribution in [-0.4, -0.2) is 12.5 Å². The van der Waals surface area contributed by atoms with Crippen LogP contribution in [0.1, 0.15) is 19.4 Å². The van der Waals surface area contributed by atoms with Gasteiger partial charge in [-0.05, 0) is 30.2 Å². The van der Waals surface area contributed by atoms with Crippen molar-refractivity contribution in [1.82, 2.24) is 5.32 Å². The number of fused-ring (bicyclic) bond motifs is 1. The third-order valence-corrected chi connectivity index (χ3v) is 3.26. The zero-order chi connectivity index (χ0) is 14.6. The van der Waals surface area contributed by atoms with Crippen molar-refractivity contribution in [3.63, 3.8) is 0 Å². The van der Waals surface area contributed by atoms with Gasteiger partial charge in [-0.3, -0.25) is 4.79 Å². The Hall–Kier alpha value is -2.34. The molecule has 20 heavy (non-hydrogen) atoms. The largest absolute Gasteiger partial charge is 0.354 e. The number of nitrogens with zero attached hydrogens (tertiary/aromatic N) is 1. The molecule has 2 aromatic rings. The Morgan fingerprint density at radius 2 is 1.90 bits per heavy atom. The first kappa shape index (κ1) is 14.1. The summed E-state index contributed by atoms with van der Waals surface area (Å²) in [5.41, 5.74) is 0.476. The van der Waals surface area contributed by atoms with Gasteiger partial charge in [0.1, 0.15) is 0 Å². The van der Waals surface area contributed by atoms with Gasteiger partial charge in [0.05, 0.1) is 17.9 Å². The Kier molecular flexibility index (Phi) is 4.05. The molecule has 0 radical (unpaired) electrons. The van der Waals surface area contributed by atoms with Gasteiger partial charge in [0.2, 0.25) is 5.91 Å². The molecule has 2 rings (SSSR count). The maximum Gasteiger partial charge on any atom is 0.224 e. The summed E-state index contributed by atoms with van der Waals surface area (Å²) < 4.78 is 0. The molecular formula is C17H18N2O. The molecule has 0 bridgehead atoms. The van der Waals surface area contributed by atoms with Gasteiger partial charge >= 0.3 is 0 Å². The highest BCUT2D eigenvalue weighted by Gasteiger charge is 2.17. The van der Waals surface area contributed by atoms with Gasteiger partial charge in [-0.25, -0.2) is 0 Å². The monoisotopic (exact) mass is 266 g/mol. The molecule has 0 fully saturated rings. The maximum atomic E-state index is 12.0. The van der Waals surface area contributed by atoms with Crippen LogP contribution in [0.25, 0.3) is 10.8 Å². The van der Waals surface area contributed by atoms with E-state index in [4.69, 9.17) is 5.26 Å². The minimum absolute atomic E-state index is 0.0512. The van der Waals surface area contributed by atoms with Crippen LogP contribution < -0.4 is 5.32 Å². The first-order chi connectivity index (χ1) is 9.52. The number of hydrogen-bond donors (Lipinski definition) is 1. The number of nitrogens with one attached hydrogen (secondary N) is 1. The van der Waals surface area contributed by atoms with Crippen molar-refractivity contribution in [3.8, 4) is 6.07 Å². The molecule has 0 atom stereocenters. The molecule has 0 aliphatic carbocycles. The second-order valence-corrected chi connectivity index (χ2v) is 5.59. The highest BCUT2D eigenvalue weighted by Crippen LogP contribution is 2.19. The summed E-state index contributed by atoms with van der Waals surface area (Å²) in [5.74, 6) is -0.0512. The number of carbonyl (C=O) groups is 1. The summed E-state index contributed by atoms with van der Waals surface area (Å²) in [6.07, 6.45) is 0.336. The Balaban J connectivity index is 2.09. The van der Waals surface area contributed by atoms with Gasteiger partial charge in [0, 0.05) is 6.54 Å². The van der Waals surface area contributed by atoms with E-state index >= 15 is 0 Å². The third kappa shape index (κ3) is 3.36. The summed E-state index contributed by atoms with van der Waals surface area (Å²) in [5, 5.41) is 14.0. The number of benzene rings is 2. The normalized spacial score (nSPS) is 11.1. The number of nitriles is 1. The molecule has 0 heterocycles. The number of rotatable bonds is 4. The van der Waals surface area contributed by atoms with Crippen LogP contribution in [0.15, 0.2) is 42.5 Å². The van der Waals surface area contributed by atoms with E-state index in [1.54, 1.807) is 0 Å². The molecule has 1 amide bonds. The Morgan fingerprint density at radius 3 is 2.65 bits per heavy atom. The molecule has 102 valence electrons. The zero-order valence-corrected chi connectivity index (χ0v) is 11.8. The van der Waals surface area contributed by atoms with E-state index in [0.717, 1.165) is 16.3 Å². The molecule has 0 aliphatic rings.